The van der Waals surface area contributed by atoms with Crippen molar-refractivity contribution in [2.75, 3.05) is 0 Å². The van der Waals surface area contributed by atoms with Gasteiger partial charge in [-0.25, -0.2) is 9.59 Å². The van der Waals surface area contributed by atoms with E-state index in [1.807, 2.05) is 6.92 Å². The van der Waals surface area contributed by atoms with Crippen molar-refractivity contribution >= 4 is 12.0 Å². The van der Waals surface area contributed by atoms with Gasteiger partial charge >= 0.3 is 12.0 Å². The number of rotatable bonds is 4. The Kier molecular flexibility index (Phi) is 3.73. The number of amides is 2. The molecule has 1 aromatic heterocycles. The van der Waals surface area contributed by atoms with Crippen molar-refractivity contribution in [1.82, 2.24) is 20.8 Å². The summed E-state index contributed by atoms with van der Waals surface area (Å²) in [5.74, 6) is -0.959. The third-order valence-corrected chi connectivity index (χ3v) is 3.59. The number of H-pyrrole nitrogens is 1. The van der Waals surface area contributed by atoms with E-state index in [2.05, 4.69) is 20.8 Å². The van der Waals surface area contributed by atoms with Gasteiger partial charge in [-0.05, 0) is 19.8 Å². The number of carboxylic acids is 1. The normalized spacial score (nSPS) is 17.1. The number of aliphatic carboxylic acids is 1. The number of urea groups is 1. The maximum Gasteiger partial charge on any atom is 0.329 e. The molecule has 7 heteroatoms. The molecule has 1 heterocycles. The first-order valence-electron chi connectivity index (χ1n) is 6.32. The summed E-state index contributed by atoms with van der Waals surface area (Å²) < 4.78 is 0. The quantitative estimate of drug-likeness (QED) is 0.649. The van der Waals surface area contributed by atoms with E-state index in [1.165, 1.54) is 0 Å². The molecule has 0 unspecified atom stereocenters. The van der Waals surface area contributed by atoms with Gasteiger partial charge in [0.15, 0.2) is 0 Å². The molecule has 4 N–H and O–H groups in total. The van der Waals surface area contributed by atoms with Crippen LogP contribution in [0.2, 0.25) is 0 Å². The van der Waals surface area contributed by atoms with Gasteiger partial charge in [0.2, 0.25) is 0 Å². The molecule has 1 aromatic rings. The molecule has 7 nitrogen and oxygen atoms in total. The monoisotopic (exact) mass is 266 g/mol. The molecule has 0 bridgehead atoms. The molecule has 0 aliphatic heterocycles. The molecule has 2 rings (SSSR count). The zero-order valence-corrected chi connectivity index (χ0v) is 10.8. The lowest BCUT2D eigenvalue weighted by atomic mass is 9.98. The van der Waals surface area contributed by atoms with Crippen LogP contribution in [0.25, 0.3) is 0 Å². The van der Waals surface area contributed by atoms with Crippen molar-refractivity contribution in [1.29, 1.82) is 0 Å². The number of hydrogen-bond donors (Lipinski definition) is 4. The van der Waals surface area contributed by atoms with Crippen molar-refractivity contribution in [3.05, 3.63) is 17.5 Å². The minimum atomic E-state index is -1.10. The van der Waals surface area contributed by atoms with Gasteiger partial charge in [-0.2, -0.15) is 5.10 Å². The summed E-state index contributed by atoms with van der Waals surface area (Å²) in [6.07, 6.45) is 4.26. The summed E-state index contributed by atoms with van der Waals surface area (Å²) in [6, 6.07) is -0.454. The number of aromatic nitrogens is 2. The second kappa shape index (κ2) is 5.29. The fourth-order valence-corrected chi connectivity index (χ4v) is 2.36. The van der Waals surface area contributed by atoms with Gasteiger partial charge in [-0.15, -0.1) is 0 Å². The molecule has 19 heavy (non-hydrogen) atoms. The Morgan fingerprint density at radius 3 is 2.68 bits per heavy atom. The third kappa shape index (κ3) is 2.86. The van der Waals surface area contributed by atoms with Crippen LogP contribution < -0.4 is 10.6 Å². The van der Waals surface area contributed by atoms with E-state index in [1.54, 1.807) is 6.20 Å². The Labute approximate surface area is 110 Å². The SMILES string of the molecule is Cc1[nH]ncc1CNC(=O)NC1(C(=O)O)CCCC1. The van der Waals surface area contributed by atoms with E-state index in [9.17, 15) is 14.7 Å². The maximum atomic E-state index is 11.8. The number of carbonyl (C=O) groups is 2. The second-order valence-electron chi connectivity index (χ2n) is 4.92. The van der Waals surface area contributed by atoms with Crippen LogP contribution in [0.1, 0.15) is 36.9 Å². The second-order valence-corrected chi connectivity index (χ2v) is 4.92. The van der Waals surface area contributed by atoms with Crippen LogP contribution in [0, 0.1) is 6.92 Å². The minimum Gasteiger partial charge on any atom is -0.480 e. The van der Waals surface area contributed by atoms with Gasteiger partial charge in [0, 0.05) is 17.8 Å². The third-order valence-electron chi connectivity index (χ3n) is 3.59. The number of carbonyl (C=O) groups excluding carboxylic acids is 1. The standard InChI is InChI=1S/C12H18N4O3/c1-8-9(7-14-16-8)6-13-11(19)15-12(10(17)18)4-2-3-5-12/h7H,2-6H2,1H3,(H,14,16)(H,17,18)(H2,13,15,19). The predicted molar refractivity (Wildman–Crippen MR) is 67.5 cm³/mol. The Morgan fingerprint density at radius 1 is 1.47 bits per heavy atom. The average Bonchev–Trinajstić information content (AvgIpc) is 2.97. The Morgan fingerprint density at radius 2 is 2.16 bits per heavy atom. The molecular formula is C12H18N4O3. The first kappa shape index (κ1) is 13.4. The van der Waals surface area contributed by atoms with Gasteiger partial charge in [-0.3, -0.25) is 5.10 Å². The summed E-state index contributed by atoms with van der Waals surface area (Å²) in [5, 5.41) is 21.1. The highest BCUT2D eigenvalue weighted by Gasteiger charge is 2.42. The lowest BCUT2D eigenvalue weighted by Gasteiger charge is -2.25. The van der Waals surface area contributed by atoms with Crippen LogP contribution in [0.3, 0.4) is 0 Å². The van der Waals surface area contributed by atoms with Gasteiger partial charge in [-0.1, -0.05) is 12.8 Å². The molecule has 1 fully saturated rings. The average molecular weight is 266 g/mol. The van der Waals surface area contributed by atoms with Crippen molar-refractivity contribution < 1.29 is 14.7 Å². The van der Waals surface area contributed by atoms with Crippen molar-refractivity contribution in [3.63, 3.8) is 0 Å². The molecule has 1 aliphatic rings. The maximum absolute atomic E-state index is 11.8. The summed E-state index contributed by atoms with van der Waals surface area (Å²) in [7, 11) is 0. The van der Waals surface area contributed by atoms with Gasteiger partial charge in [0.25, 0.3) is 0 Å². The number of carboxylic acid groups (broad SMARTS) is 1. The van der Waals surface area contributed by atoms with Crippen LogP contribution in [0.15, 0.2) is 6.20 Å². The van der Waals surface area contributed by atoms with Gasteiger partial charge < -0.3 is 15.7 Å². The number of nitrogens with zero attached hydrogens (tertiary/aromatic N) is 1. The summed E-state index contributed by atoms with van der Waals surface area (Å²) >= 11 is 0. The van der Waals surface area contributed by atoms with Gasteiger partial charge in [0.1, 0.15) is 5.54 Å². The van der Waals surface area contributed by atoms with Crippen LogP contribution >= 0.6 is 0 Å². The van der Waals surface area contributed by atoms with Crippen molar-refractivity contribution in [2.45, 2.75) is 44.7 Å². The fourth-order valence-electron chi connectivity index (χ4n) is 2.36. The van der Waals surface area contributed by atoms with E-state index in [0.29, 0.717) is 19.4 Å². The number of aromatic amines is 1. The number of aryl methyl sites for hydroxylation is 1. The van der Waals surface area contributed by atoms with Crippen LogP contribution in [-0.4, -0.2) is 32.8 Å². The Hall–Kier alpha value is -2.05. The smallest absolute Gasteiger partial charge is 0.329 e. The first-order valence-corrected chi connectivity index (χ1v) is 6.32. The number of hydrogen-bond acceptors (Lipinski definition) is 3. The van der Waals surface area contributed by atoms with E-state index in [0.717, 1.165) is 24.1 Å². The van der Waals surface area contributed by atoms with Crippen LogP contribution in [-0.2, 0) is 11.3 Å². The van der Waals surface area contributed by atoms with E-state index < -0.39 is 17.5 Å². The Balaban J connectivity index is 1.90. The molecule has 104 valence electrons. The molecular weight excluding hydrogens is 248 g/mol. The highest BCUT2D eigenvalue weighted by molar-refractivity contribution is 5.86. The van der Waals surface area contributed by atoms with E-state index in [4.69, 9.17) is 0 Å². The highest BCUT2D eigenvalue weighted by atomic mass is 16.4. The lowest BCUT2D eigenvalue weighted by molar-refractivity contribution is -0.144. The van der Waals surface area contributed by atoms with E-state index >= 15 is 0 Å². The summed E-state index contributed by atoms with van der Waals surface area (Å²) in [5.41, 5.74) is 0.662. The molecule has 1 saturated carbocycles. The topological polar surface area (TPSA) is 107 Å². The number of nitrogens with one attached hydrogen (secondary N) is 3. The molecule has 0 saturated heterocycles. The predicted octanol–water partition coefficient (Wildman–Crippen LogP) is 0.915. The molecule has 0 radical (unpaired) electrons. The minimum absolute atomic E-state index is 0.323. The molecule has 2 amide bonds. The molecule has 0 spiro atoms. The summed E-state index contributed by atoms with van der Waals surface area (Å²) in [4.78, 5) is 23.1. The Bertz CT molecular complexity index is 477. The summed E-state index contributed by atoms with van der Waals surface area (Å²) in [6.45, 7) is 2.18. The first-order chi connectivity index (χ1) is 9.03. The highest BCUT2D eigenvalue weighted by Crippen LogP contribution is 2.29. The largest absolute Gasteiger partial charge is 0.480 e. The van der Waals surface area contributed by atoms with E-state index in [-0.39, 0.29) is 0 Å². The zero-order chi connectivity index (χ0) is 13.9. The van der Waals surface area contributed by atoms with Crippen molar-refractivity contribution in [2.24, 2.45) is 0 Å². The zero-order valence-electron chi connectivity index (χ0n) is 10.8. The lowest BCUT2D eigenvalue weighted by Crippen LogP contribution is -2.55. The van der Waals surface area contributed by atoms with Gasteiger partial charge in [0.05, 0.1) is 6.20 Å². The van der Waals surface area contributed by atoms with Crippen molar-refractivity contribution in [3.8, 4) is 0 Å². The fraction of sp³-hybridized carbons (Fsp3) is 0.583. The van der Waals surface area contributed by atoms with Crippen LogP contribution in [0.5, 0.6) is 0 Å². The molecule has 0 aromatic carbocycles. The molecule has 1 aliphatic carbocycles. The van der Waals surface area contributed by atoms with Crippen LogP contribution in [0.4, 0.5) is 4.79 Å². The molecule has 0 atom stereocenters.